The van der Waals surface area contributed by atoms with Crippen molar-refractivity contribution in [3.05, 3.63) is 38.7 Å². The third-order valence-corrected chi connectivity index (χ3v) is 10.2. The first-order valence-corrected chi connectivity index (χ1v) is 17.0. The van der Waals surface area contributed by atoms with Crippen molar-refractivity contribution < 1.29 is 15.3 Å². The van der Waals surface area contributed by atoms with Gasteiger partial charge in [0.05, 0.1) is 23.0 Å². The zero-order valence-electron chi connectivity index (χ0n) is 26.7. The fourth-order valence-electron chi connectivity index (χ4n) is 4.95. The van der Waals surface area contributed by atoms with Crippen molar-refractivity contribution in [3.63, 3.8) is 0 Å². The monoisotopic (exact) mass is 661 g/mol. The van der Waals surface area contributed by atoms with Gasteiger partial charge in [0.2, 0.25) is 0 Å². The Morgan fingerprint density at radius 3 is 1.68 bits per heavy atom. The molecule has 13 heteroatoms. The van der Waals surface area contributed by atoms with Crippen LogP contribution in [-0.4, -0.2) is 74.1 Å². The van der Waals surface area contributed by atoms with Crippen LogP contribution in [0.4, 0.5) is 5.82 Å². The first kappa shape index (κ1) is 38.3. The van der Waals surface area contributed by atoms with Crippen molar-refractivity contribution in [2.45, 2.75) is 123 Å². The molecule has 0 spiro atoms. The van der Waals surface area contributed by atoms with Crippen LogP contribution in [0.1, 0.15) is 86.1 Å². The number of anilines is 1. The summed E-state index contributed by atoms with van der Waals surface area (Å²) in [5, 5.41) is 32.9. The Morgan fingerprint density at radius 1 is 0.773 bits per heavy atom. The number of nitrogens with zero attached hydrogens (tertiary/aromatic N) is 4. The summed E-state index contributed by atoms with van der Waals surface area (Å²) in [6, 6.07) is 0.777. The first-order chi connectivity index (χ1) is 20.4. The quantitative estimate of drug-likeness (QED) is 0.124. The number of rotatable bonds is 2. The van der Waals surface area contributed by atoms with Crippen molar-refractivity contribution in [3.8, 4) is 0 Å². The molecule has 9 nitrogen and oxygen atoms in total. The van der Waals surface area contributed by atoms with E-state index in [0.717, 1.165) is 77.6 Å². The van der Waals surface area contributed by atoms with Crippen LogP contribution >= 0.6 is 34.3 Å². The van der Waals surface area contributed by atoms with Gasteiger partial charge in [-0.25, -0.2) is 19.9 Å². The number of hydrogen-bond acceptors (Lipinski definition) is 11. The molecular formula is C31H47BClN6O3S2. The topological polar surface area (TPSA) is 150 Å². The smallest absolute Gasteiger partial charge is 0.141 e. The molecule has 6 N–H and O–H groups in total. The molecule has 0 unspecified atom stereocenters. The van der Waals surface area contributed by atoms with Crippen LogP contribution in [0.2, 0.25) is 5.15 Å². The lowest BCUT2D eigenvalue weighted by Crippen LogP contribution is -2.28. The van der Waals surface area contributed by atoms with Gasteiger partial charge in [-0.15, -0.1) is 22.7 Å². The van der Waals surface area contributed by atoms with Crippen LogP contribution in [0.15, 0.2) is 12.7 Å². The zero-order chi connectivity index (χ0) is 31.7. The van der Waals surface area contributed by atoms with E-state index in [1.165, 1.54) is 27.2 Å². The summed E-state index contributed by atoms with van der Waals surface area (Å²) >= 11 is 9.31. The number of aliphatic hydroxyl groups excluding tert-OH is 3. The first-order valence-electron chi connectivity index (χ1n) is 15.0. The Hall–Kier alpha value is -1.93. The van der Waals surface area contributed by atoms with Crippen molar-refractivity contribution in [2.75, 3.05) is 5.32 Å². The van der Waals surface area contributed by atoms with E-state index >= 15 is 0 Å². The van der Waals surface area contributed by atoms with Crippen LogP contribution in [0.5, 0.6) is 0 Å². The van der Waals surface area contributed by atoms with Crippen molar-refractivity contribution >= 4 is 68.9 Å². The molecule has 241 valence electrons. The number of halogens is 1. The number of aliphatic hydroxyl groups is 3. The number of nitrogens with one attached hydrogen (secondary N) is 1. The molecule has 2 fully saturated rings. The Bertz CT molecular complexity index is 1420. The summed E-state index contributed by atoms with van der Waals surface area (Å²) in [6.07, 6.45) is 10.4. The number of fused-ring (bicyclic) bond motifs is 2. The summed E-state index contributed by atoms with van der Waals surface area (Å²) in [5.74, 6) is 0.952. The third-order valence-electron chi connectivity index (χ3n) is 7.66. The minimum Gasteiger partial charge on any atom is -0.394 e. The van der Waals surface area contributed by atoms with Gasteiger partial charge in [0.1, 0.15) is 33.3 Å². The molecule has 6 rings (SSSR count). The standard InChI is InChI=1S/C14H19N3OS.C8H7ClN2S.C6H13NO.C3H8O.B/c1-8-9(2)19-14-12(8)13(15-7-16-14)17-10-3-5-11(18)6-4-10;1-4-5(2)12-8-6(4)7(9)10-3-11-8;7-5-1-3-6(8)4-2-5;1-3(2)4;/h7,10-11,18H,3-6H2,1-2H3,(H,15,16,17);3H,1-2H3;5-6,8H,1-4,7H2;3-4H,1-2H3;. The molecule has 2 aliphatic carbocycles. The number of aromatic nitrogens is 4. The molecule has 4 aromatic rings. The average molecular weight is 662 g/mol. The minimum absolute atomic E-state index is 0. The lowest BCUT2D eigenvalue weighted by molar-refractivity contribution is 0.123. The largest absolute Gasteiger partial charge is 0.394 e. The Morgan fingerprint density at radius 2 is 1.20 bits per heavy atom. The summed E-state index contributed by atoms with van der Waals surface area (Å²) < 4.78 is 0. The lowest BCUT2D eigenvalue weighted by atomic mass is 9.93. The summed E-state index contributed by atoms with van der Waals surface area (Å²) in [4.78, 5) is 21.5. The van der Waals surface area contributed by atoms with Gasteiger partial charge in [0, 0.05) is 36.4 Å². The molecule has 0 aliphatic heterocycles. The molecule has 3 radical (unpaired) electrons. The maximum atomic E-state index is 9.56. The number of aryl methyl sites for hydroxylation is 4. The molecule has 4 heterocycles. The van der Waals surface area contributed by atoms with Gasteiger partial charge in [0.15, 0.2) is 0 Å². The van der Waals surface area contributed by atoms with E-state index in [4.69, 9.17) is 27.5 Å². The second-order valence-electron chi connectivity index (χ2n) is 11.6. The molecular weight excluding hydrogens is 615 g/mol. The Kier molecular flexibility index (Phi) is 15.9. The van der Waals surface area contributed by atoms with Crippen LogP contribution in [-0.2, 0) is 0 Å². The summed E-state index contributed by atoms with van der Waals surface area (Å²) in [7, 11) is 0. The van der Waals surface area contributed by atoms with E-state index in [0.29, 0.717) is 17.2 Å². The van der Waals surface area contributed by atoms with E-state index < -0.39 is 0 Å². The van der Waals surface area contributed by atoms with E-state index in [1.807, 2.05) is 6.92 Å². The number of hydrogen-bond donors (Lipinski definition) is 5. The predicted octanol–water partition coefficient (Wildman–Crippen LogP) is 6.24. The van der Waals surface area contributed by atoms with E-state index in [2.05, 4.69) is 46.0 Å². The highest BCUT2D eigenvalue weighted by Crippen LogP contribution is 2.34. The zero-order valence-corrected chi connectivity index (χ0v) is 29.1. The lowest BCUT2D eigenvalue weighted by Gasteiger charge is -2.26. The second-order valence-corrected chi connectivity index (χ2v) is 14.4. The van der Waals surface area contributed by atoms with E-state index in [1.54, 1.807) is 42.8 Å². The van der Waals surface area contributed by atoms with Gasteiger partial charge in [-0.2, -0.15) is 0 Å². The molecule has 0 amide bonds. The number of nitrogens with two attached hydrogens (primary N) is 1. The molecule has 0 aromatic carbocycles. The Balaban J connectivity index is 0.000000232. The molecule has 0 bridgehead atoms. The highest BCUT2D eigenvalue weighted by atomic mass is 35.5. The molecule has 4 aromatic heterocycles. The van der Waals surface area contributed by atoms with Gasteiger partial charge in [-0.1, -0.05) is 11.6 Å². The summed E-state index contributed by atoms with van der Waals surface area (Å²) in [5.41, 5.74) is 8.06. The van der Waals surface area contributed by atoms with Crippen molar-refractivity contribution in [2.24, 2.45) is 5.73 Å². The van der Waals surface area contributed by atoms with Gasteiger partial charge in [0.25, 0.3) is 0 Å². The average Bonchev–Trinajstić information content (AvgIpc) is 3.42. The maximum absolute atomic E-state index is 9.56. The molecule has 0 atom stereocenters. The van der Waals surface area contributed by atoms with Crippen LogP contribution in [0, 0.1) is 27.7 Å². The number of thiophene rings is 2. The molecule has 2 saturated carbocycles. The third kappa shape index (κ3) is 11.2. The molecule has 2 aliphatic rings. The summed E-state index contributed by atoms with van der Waals surface area (Å²) in [6.45, 7) is 11.8. The van der Waals surface area contributed by atoms with E-state index in [-0.39, 0.29) is 26.7 Å². The minimum atomic E-state index is -0.167. The van der Waals surface area contributed by atoms with Crippen molar-refractivity contribution in [1.29, 1.82) is 0 Å². The maximum Gasteiger partial charge on any atom is 0.141 e. The highest BCUT2D eigenvalue weighted by Gasteiger charge is 2.21. The fourth-order valence-corrected chi connectivity index (χ4v) is 7.27. The van der Waals surface area contributed by atoms with Gasteiger partial charge in [-0.05, 0) is 104 Å². The fraction of sp³-hybridized carbons (Fsp3) is 0.613. The Labute approximate surface area is 276 Å². The van der Waals surface area contributed by atoms with Crippen LogP contribution in [0.25, 0.3) is 20.4 Å². The van der Waals surface area contributed by atoms with Gasteiger partial charge in [-0.3, -0.25) is 0 Å². The second kappa shape index (κ2) is 18.3. The van der Waals surface area contributed by atoms with Gasteiger partial charge < -0.3 is 26.4 Å². The molecule has 44 heavy (non-hydrogen) atoms. The van der Waals surface area contributed by atoms with Gasteiger partial charge >= 0.3 is 0 Å². The van der Waals surface area contributed by atoms with Crippen molar-refractivity contribution in [1.82, 2.24) is 19.9 Å². The van der Waals surface area contributed by atoms with Crippen LogP contribution in [0.3, 0.4) is 0 Å². The molecule has 0 saturated heterocycles. The highest BCUT2D eigenvalue weighted by molar-refractivity contribution is 7.19. The normalized spacial score (nSPS) is 21.3. The van der Waals surface area contributed by atoms with Crippen LogP contribution < -0.4 is 11.1 Å². The SMILES string of the molecule is CC(C)O.Cc1sc2ncnc(Cl)c2c1C.Cc1sc2ncnc(NC3CCC(O)CC3)c2c1C.NC1CCC(O)CC1.[B]. The van der Waals surface area contributed by atoms with E-state index in [9.17, 15) is 5.11 Å². The predicted molar refractivity (Wildman–Crippen MR) is 186 cm³/mol.